The number of carbonyl (C=O) groups is 2. The molecule has 2 amide bonds. The van der Waals surface area contributed by atoms with Crippen LogP contribution >= 0.6 is 0 Å². The molecule has 3 N–H and O–H groups in total. The van der Waals surface area contributed by atoms with E-state index in [1.54, 1.807) is 13.0 Å². The van der Waals surface area contributed by atoms with Gasteiger partial charge in [0.05, 0.1) is 6.54 Å². The number of carboxylic acid groups (broad SMARTS) is 1. The Morgan fingerprint density at radius 2 is 2.29 bits per heavy atom. The molecule has 0 aliphatic rings. The van der Waals surface area contributed by atoms with E-state index in [0.29, 0.717) is 12.1 Å². The largest absolute Gasteiger partial charge is 0.480 e. The average Bonchev–Trinajstić information content (AvgIpc) is 2.78. The van der Waals surface area contributed by atoms with Gasteiger partial charge in [-0.1, -0.05) is 12.1 Å². The zero-order chi connectivity index (χ0) is 12.9. The average molecular weight is 241 g/mol. The Bertz CT molecular complexity index is 390. The van der Waals surface area contributed by atoms with Gasteiger partial charge in [0.1, 0.15) is 17.5 Å². The molecule has 0 radical (unpaired) electrons. The van der Waals surface area contributed by atoms with E-state index in [2.05, 4.69) is 20.3 Å². The van der Waals surface area contributed by atoms with E-state index >= 15 is 0 Å². The number of urea groups is 1. The zero-order valence-corrected chi connectivity index (χ0v) is 9.69. The van der Waals surface area contributed by atoms with Crippen molar-refractivity contribution in [1.82, 2.24) is 15.8 Å². The number of rotatable bonds is 5. The third kappa shape index (κ3) is 3.47. The zero-order valence-electron chi connectivity index (χ0n) is 9.69. The second-order valence-electron chi connectivity index (χ2n) is 3.79. The number of amides is 2. The number of nitrogens with zero attached hydrogens (tertiary/aromatic N) is 1. The molecule has 0 aromatic carbocycles. The Morgan fingerprint density at radius 3 is 2.76 bits per heavy atom. The topological polar surface area (TPSA) is 104 Å². The number of hydrogen-bond donors (Lipinski definition) is 3. The van der Waals surface area contributed by atoms with E-state index in [1.165, 1.54) is 13.2 Å². The number of aliphatic carboxylic acids is 1. The van der Waals surface area contributed by atoms with Crippen LogP contribution in [0.2, 0.25) is 0 Å². The summed E-state index contributed by atoms with van der Waals surface area (Å²) in [5.41, 5.74) is -0.706. The van der Waals surface area contributed by atoms with Crippen LogP contribution in [0.3, 0.4) is 0 Å². The highest BCUT2D eigenvalue weighted by Gasteiger charge is 2.32. The summed E-state index contributed by atoms with van der Waals surface area (Å²) < 4.78 is 4.59. The number of carbonyl (C=O) groups excluding carboxylic acids is 1. The lowest BCUT2D eigenvalue weighted by molar-refractivity contribution is -0.143. The Balaban J connectivity index is 2.46. The summed E-state index contributed by atoms with van der Waals surface area (Å²) in [6.45, 7) is 3.32. The third-order valence-electron chi connectivity index (χ3n) is 2.49. The highest BCUT2D eigenvalue weighted by atomic mass is 16.5. The van der Waals surface area contributed by atoms with Crippen molar-refractivity contribution in [3.63, 3.8) is 0 Å². The van der Waals surface area contributed by atoms with Crippen LogP contribution in [0.4, 0.5) is 4.79 Å². The fraction of sp³-hybridized carbons (Fsp3) is 0.500. The summed E-state index contributed by atoms with van der Waals surface area (Å²) in [7, 11) is 0. The van der Waals surface area contributed by atoms with Crippen LogP contribution in [0.1, 0.15) is 26.0 Å². The normalized spacial score (nSPS) is 13.8. The first kappa shape index (κ1) is 13.0. The van der Waals surface area contributed by atoms with Crippen LogP contribution in [-0.4, -0.2) is 27.8 Å². The molecule has 0 aliphatic heterocycles. The van der Waals surface area contributed by atoms with Gasteiger partial charge in [-0.05, 0) is 13.3 Å². The third-order valence-corrected chi connectivity index (χ3v) is 2.49. The summed E-state index contributed by atoms with van der Waals surface area (Å²) in [6.07, 6.45) is 1.68. The molecular weight excluding hydrogens is 226 g/mol. The monoisotopic (exact) mass is 241 g/mol. The minimum Gasteiger partial charge on any atom is -0.480 e. The molecule has 0 bridgehead atoms. The van der Waals surface area contributed by atoms with Gasteiger partial charge in [-0.25, -0.2) is 9.59 Å². The van der Waals surface area contributed by atoms with Crippen molar-refractivity contribution < 1.29 is 19.2 Å². The number of nitrogens with one attached hydrogen (secondary N) is 2. The lowest BCUT2D eigenvalue weighted by atomic mass is 10.00. The van der Waals surface area contributed by atoms with E-state index in [4.69, 9.17) is 5.11 Å². The molecule has 94 valence electrons. The van der Waals surface area contributed by atoms with Crippen LogP contribution < -0.4 is 10.6 Å². The molecule has 1 aromatic heterocycles. The Labute approximate surface area is 98.2 Å². The molecule has 0 saturated heterocycles. The first-order chi connectivity index (χ1) is 7.98. The van der Waals surface area contributed by atoms with Crippen LogP contribution in [0, 0.1) is 0 Å². The standard InChI is InChI=1S/C10H15N3O4/c1-3-10(2,8(14)15)12-9(16)11-6-7-4-5-17-13-7/h4-5H,3,6H2,1-2H3,(H,14,15)(H2,11,12,16). The van der Waals surface area contributed by atoms with Crippen molar-refractivity contribution in [2.24, 2.45) is 0 Å². The second kappa shape index (κ2) is 5.33. The molecule has 0 fully saturated rings. The lowest BCUT2D eigenvalue weighted by Gasteiger charge is -2.24. The molecule has 17 heavy (non-hydrogen) atoms. The highest BCUT2D eigenvalue weighted by molar-refractivity contribution is 5.85. The van der Waals surface area contributed by atoms with Gasteiger partial charge in [-0.3, -0.25) is 0 Å². The lowest BCUT2D eigenvalue weighted by Crippen LogP contribution is -2.54. The van der Waals surface area contributed by atoms with Gasteiger partial charge in [0.25, 0.3) is 0 Å². The number of carboxylic acids is 1. The van der Waals surface area contributed by atoms with Gasteiger partial charge in [0, 0.05) is 6.07 Å². The summed E-state index contributed by atoms with van der Waals surface area (Å²) >= 11 is 0. The van der Waals surface area contributed by atoms with E-state index in [0.717, 1.165) is 0 Å². The van der Waals surface area contributed by atoms with Crippen molar-refractivity contribution in [2.45, 2.75) is 32.4 Å². The summed E-state index contributed by atoms with van der Waals surface area (Å²) in [5, 5.41) is 17.5. The van der Waals surface area contributed by atoms with E-state index in [-0.39, 0.29) is 6.54 Å². The van der Waals surface area contributed by atoms with Gasteiger partial charge in [-0.2, -0.15) is 0 Å². The predicted octanol–water partition coefficient (Wildman–Crippen LogP) is 0.727. The molecule has 1 heterocycles. The van der Waals surface area contributed by atoms with Crippen molar-refractivity contribution >= 4 is 12.0 Å². The molecular formula is C10H15N3O4. The first-order valence-electron chi connectivity index (χ1n) is 5.16. The van der Waals surface area contributed by atoms with E-state index in [9.17, 15) is 9.59 Å². The molecule has 7 heteroatoms. The van der Waals surface area contributed by atoms with Crippen molar-refractivity contribution in [1.29, 1.82) is 0 Å². The molecule has 1 aromatic rings. The van der Waals surface area contributed by atoms with E-state index < -0.39 is 17.5 Å². The summed E-state index contributed by atoms with van der Waals surface area (Å²) in [6, 6.07) is 1.05. The van der Waals surface area contributed by atoms with Crippen LogP contribution in [0.25, 0.3) is 0 Å². The minimum atomic E-state index is -1.27. The number of aromatic nitrogens is 1. The molecule has 0 aliphatic carbocycles. The summed E-state index contributed by atoms with van der Waals surface area (Å²) in [5.74, 6) is -1.07. The molecule has 7 nitrogen and oxygen atoms in total. The quantitative estimate of drug-likeness (QED) is 0.704. The van der Waals surface area contributed by atoms with Gasteiger partial charge in [-0.15, -0.1) is 0 Å². The van der Waals surface area contributed by atoms with E-state index in [1.807, 2.05) is 0 Å². The predicted molar refractivity (Wildman–Crippen MR) is 58.2 cm³/mol. The maximum atomic E-state index is 11.5. The van der Waals surface area contributed by atoms with Gasteiger partial charge in [0.2, 0.25) is 0 Å². The number of hydrogen-bond acceptors (Lipinski definition) is 4. The van der Waals surface area contributed by atoms with Gasteiger partial charge in [0.15, 0.2) is 0 Å². The molecule has 1 rings (SSSR count). The Morgan fingerprint density at radius 1 is 1.59 bits per heavy atom. The van der Waals surface area contributed by atoms with Crippen LogP contribution in [0.5, 0.6) is 0 Å². The van der Waals surface area contributed by atoms with Crippen molar-refractivity contribution in [2.75, 3.05) is 0 Å². The fourth-order valence-electron chi connectivity index (χ4n) is 1.09. The molecule has 0 spiro atoms. The minimum absolute atomic E-state index is 0.182. The van der Waals surface area contributed by atoms with Crippen molar-refractivity contribution in [3.8, 4) is 0 Å². The molecule has 1 unspecified atom stereocenters. The maximum Gasteiger partial charge on any atom is 0.329 e. The van der Waals surface area contributed by atoms with Crippen molar-refractivity contribution in [3.05, 3.63) is 18.0 Å². The van der Waals surface area contributed by atoms with Gasteiger partial charge >= 0.3 is 12.0 Å². The maximum absolute atomic E-state index is 11.5. The first-order valence-corrected chi connectivity index (χ1v) is 5.16. The van der Waals surface area contributed by atoms with Crippen LogP contribution in [0.15, 0.2) is 16.9 Å². The van der Waals surface area contributed by atoms with Gasteiger partial charge < -0.3 is 20.3 Å². The fourth-order valence-corrected chi connectivity index (χ4v) is 1.09. The molecule has 1 atom stereocenters. The Hall–Kier alpha value is -2.05. The summed E-state index contributed by atoms with van der Waals surface area (Å²) in [4.78, 5) is 22.4. The highest BCUT2D eigenvalue weighted by Crippen LogP contribution is 2.08. The smallest absolute Gasteiger partial charge is 0.329 e. The SMILES string of the molecule is CCC(C)(NC(=O)NCc1ccon1)C(=O)O. The van der Waals surface area contributed by atoms with Crippen LogP contribution in [-0.2, 0) is 11.3 Å². The molecule has 0 saturated carbocycles. The second-order valence-corrected chi connectivity index (χ2v) is 3.79. The Kier molecular flexibility index (Phi) is 4.08.